The molecule has 0 amide bonds. The highest BCUT2D eigenvalue weighted by molar-refractivity contribution is 7.76. The first kappa shape index (κ1) is 20.7. The fraction of sp³-hybridized carbons (Fsp3) is 0.167. The number of rotatable bonds is 8. The molecule has 0 bridgehead atoms. The van der Waals surface area contributed by atoms with Crippen molar-refractivity contribution < 1.29 is 0 Å². The molecule has 1 atom stereocenters. The summed E-state index contributed by atoms with van der Waals surface area (Å²) in [6.07, 6.45) is 9.61. The standard InChI is InChI=1S/C24H24N4P2/c1-2-20(30(23-13-5-9-17-27-23)24-14-6-10-18-28-24)19-29(21-11-3-7-15-25-21)22-12-4-8-16-26-22/h3-18,20H,2,19H2,1H3. The van der Waals surface area contributed by atoms with Gasteiger partial charge in [0, 0.05) is 24.8 Å². The monoisotopic (exact) mass is 430 g/mol. The lowest BCUT2D eigenvalue weighted by Crippen LogP contribution is -2.30. The predicted molar refractivity (Wildman–Crippen MR) is 128 cm³/mol. The Morgan fingerprint density at radius 3 is 1.33 bits per heavy atom. The van der Waals surface area contributed by atoms with Crippen LogP contribution >= 0.6 is 15.8 Å². The van der Waals surface area contributed by atoms with Gasteiger partial charge >= 0.3 is 0 Å². The Kier molecular flexibility index (Phi) is 7.24. The van der Waals surface area contributed by atoms with Crippen molar-refractivity contribution in [3.8, 4) is 0 Å². The average molecular weight is 430 g/mol. The Morgan fingerprint density at radius 2 is 1.00 bits per heavy atom. The van der Waals surface area contributed by atoms with Gasteiger partial charge in [-0.15, -0.1) is 0 Å². The van der Waals surface area contributed by atoms with Crippen LogP contribution in [0.25, 0.3) is 0 Å². The SMILES string of the molecule is CCC(CP(c1ccccn1)c1ccccn1)P(c1ccccn1)c1ccccn1. The maximum absolute atomic E-state index is 4.74. The van der Waals surface area contributed by atoms with Crippen LogP contribution in [0.1, 0.15) is 13.3 Å². The summed E-state index contributed by atoms with van der Waals surface area (Å²) >= 11 is 0. The van der Waals surface area contributed by atoms with E-state index in [1.165, 1.54) is 0 Å². The third-order valence-corrected chi connectivity index (χ3v) is 10.4. The van der Waals surface area contributed by atoms with E-state index in [1.807, 2.05) is 49.1 Å². The van der Waals surface area contributed by atoms with Crippen molar-refractivity contribution in [1.82, 2.24) is 19.9 Å². The Bertz CT molecular complexity index is 939. The molecule has 0 fully saturated rings. The molecule has 0 saturated carbocycles. The van der Waals surface area contributed by atoms with E-state index in [0.717, 1.165) is 34.3 Å². The first-order chi connectivity index (χ1) is 14.9. The van der Waals surface area contributed by atoms with E-state index in [0.29, 0.717) is 5.66 Å². The van der Waals surface area contributed by atoms with Crippen LogP contribution in [0.5, 0.6) is 0 Å². The van der Waals surface area contributed by atoms with Crippen molar-refractivity contribution in [3.05, 3.63) is 97.6 Å². The molecule has 1 unspecified atom stereocenters. The van der Waals surface area contributed by atoms with E-state index in [-0.39, 0.29) is 0 Å². The fourth-order valence-corrected chi connectivity index (χ4v) is 9.02. The molecule has 4 heterocycles. The van der Waals surface area contributed by atoms with E-state index in [9.17, 15) is 0 Å². The van der Waals surface area contributed by atoms with Crippen LogP contribution in [-0.4, -0.2) is 31.8 Å². The van der Waals surface area contributed by atoms with Crippen LogP contribution in [0.15, 0.2) is 97.6 Å². The van der Waals surface area contributed by atoms with Gasteiger partial charge in [0.1, 0.15) is 0 Å². The largest absolute Gasteiger partial charge is 0.256 e. The highest BCUT2D eigenvalue weighted by atomic mass is 31.1. The molecule has 4 aromatic rings. The van der Waals surface area contributed by atoms with Crippen LogP contribution in [0.4, 0.5) is 0 Å². The molecular weight excluding hydrogens is 406 g/mol. The summed E-state index contributed by atoms with van der Waals surface area (Å²) in [4.78, 5) is 18.9. The molecule has 0 saturated heterocycles. The molecule has 4 aromatic heterocycles. The molecule has 0 aliphatic heterocycles. The van der Waals surface area contributed by atoms with Gasteiger partial charge in [-0.05, 0) is 82.6 Å². The summed E-state index contributed by atoms with van der Waals surface area (Å²) in [7, 11) is -1.36. The molecule has 4 nitrogen and oxygen atoms in total. The summed E-state index contributed by atoms with van der Waals surface area (Å²) in [6.45, 7) is 2.27. The summed E-state index contributed by atoms with van der Waals surface area (Å²) < 4.78 is 0. The lowest BCUT2D eigenvalue weighted by atomic mass is 10.4. The van der Waals surface area contributed by atoms with Gasteiger partial charge in [-0.25, -0.2) is 0 Å². The quantitative estimate of drug-likeness (QED) is 0.401. The minimum absolute atomic E-state index is 0.430. The lowest BCUT2D eigenvalue weighted by Gasteiger charge is -2.29. The smallest absolute Gasteiger partial charge is 0.0694 e. The topological polar surface area (TPSA) is 51.6 Å². The van der Waals surface area contributed by atoms with Gasteiger partial charge in [-0.1, -0.05) is 31.2 Å². The van der Waals surface area contributed by atoms with E-state index in [2.05, 4.69) is 55.5 Å². The fourth-order valence-electron chi connectivity index (χ4n) is 3.42. The van der Waals surface area contributed by atoms with Crippen LogP contribution in [0, 0.1) is 0 Å². The maximum atomic E-state index is 4.74. The predicted octanol–water partition coefficient (Wildman–Crippen LogP) is 3.61. The summed E-state index contributed by atoms with van der Waals surface area (Å²) in [5.41, 5.74) is 4.95. The minimum atomic E-state index is -0.689. The Balaban J connectivity index is 1.74. The van der Waals surface area contributed by atoms with Crippen LogP contribution in [0.2, 0.25) is 0 Å². The highest BCUT2D eigenvalue weighted by Gasteiger charge is 2.30. The Hall–Kier alpha value is -2.54. The van der Waals surface area contributed by atoms with Crippen molar-refractivity contribution in [3.63, 3.8) is 0 Å². The van der Waals surface area contributed by atoms with E-state index in [1.54, 1.807) is 0 Å². The summed E-state index contributed by atoms with van der Waals surface area (Å²) in [5, 5.41) is 0. The van der Waals surface area contributed by atoms with Crippen molar-refractivity contribution in [2.75, 3.05) is 6.16 Å². The van der Waals surface area contributed by atoms with Crippen molar-refractivity contribution in [2.45, 2.75) is 19.0 Å². The van der Waals surface area contributed by atoms with Crippen molar-refractivity contribution in [2.24, 2.45) is 0 Å². The van der Waals surface area contributed by atoms with Gasteiger partial charge in [0.05, 0.1) is 21.7 Å². The molecule has 6 heteroatoms. The molecule has 150 valence electrons. The van der Waals surface area contributed by atoms with Crippen molar-refractivity contribution >= 4 is 37.6 Å². The van der Waals surface area contributed by atoms with Crippen LogP contribution < -0.4 is 21.7 Å². The second-order valence-corrected chi connectivity index (χ2v) is 11.3. The first-order valence-electron chi connectivity index (χ1n) is 10.1. The molecule has 0 radical (unpaired) electrons. The number of hydrogen-bond donors (Lipinski definition) is 0. The third kappa shape index (κ3) is 4.95. The van der Waals surface area contributed by atoms with E-state index >= 15 is 0 Å². The van der Waals surface area contributed by atoms with E-state index in [4.69, 9.17) is 19.9 Å². The van der Waals surface area contributed by atoms with Crippen LogP contribution in [0.3, 0.4) is 0 Å². The summed E-state index contributed by atoms with van der Waals surface area (Å²) in [5.74, 6) is 0. The lowest BCUT2D eigenvalue weighted by molar-refractivity contribution is 0.904. The number of hydrogen-bond acceptors (Lipinski definition) is 4. The van der Waals surface area contributed by atoms with Gasteiger partial charge in [-0.2, -0.15) is 0 Å². The normalized spacial score (nSPS) is 12.2. The minimum Gasteiger partial charge on any atom is -0.256 e. The zero-order valence-electron chi connectivity index (χ0n) is 16.9. The van der Waals surface area contributed by atoms with E-state index < -0.39 is 15.8 Å². The van der Waals surface area contributed by atoms with Gasteiger partial charge < -0.3 is 0 Å². The zero-order chi connectivity index (χ0) is 20.6. The Morgan fingerprint density at radius 1 is 0.600 bits per heavy atom. The van der Waals surface area contributed by atoms with Crippen LogP contribution in [-0.2, 0) is 0 Å². The maximum Gasteiger partial charge on any atom is 0.0694 e. The second kappa shape index (κ2) is 10.5. The highest BCUT2D eigenvalue weighted by Crippen LogP contribution is 2.46. The molecule has 0 aliphatic rings. The zero-order valence-corrected chi connectivity index (χ0v) is 18.7. The van der Waals surface area contributed by atoms with Crippen molar-refractivity contribution in [1.29, 1.82) is 0 Å². The number of pyridine rings is 4. The molecular formula is C24H24N4P2. The molecule has 30 heavy (non-hydrogen) atoms. The van der Waals surface area contributed by atoms with Gasteiger partial charge in [0.25, 0.3) is 0 Å². The molecule has 0 spiro atoms. The molecule has 0 aromatic carbocycles. The second-order valence-electron chi connectivity index (χ2n) is 6.79. The Labute approximate surface area is 180 Å². The number of aromatic nitrogens is 4. The summed E-state index contributed by atoms with van der Waals surface area (Å²) in [6, 6.07) is 24.8. The van der Waals surface area contributed by atoms with Gasteiger partial charge in [-0.3, -0.25) is 19.9 Å². The number of nitrogens with zero attached hydrogens (tertiary/aromatic N) is 4. The molecule has 4 rings (SSSR count). The van der Waals surface area contributed by atoms with Gasteiger partial charge in [0.2, 0.25) is 0 Å². The molecule has 0 N–H and O–H groups in total. The third-order valence-electron chi connectivity index (χ3n) is 4.87. The average Bonchev–Trinajstić information content (AvgIpc) is 2.84. The first-order valence-corrected chi connectivity index (χ1v) is 13.0. The van der Waals surface area contributed by atoms with Gasteiger partial charge in [0.15, 0.2) is 0 Å². The molecule has 0 aliphatic carbocycles.